The first-order valence-corrected chi connectivity index (χ1v) is 15.4. The molecule has 0 bridgehead atoms. The number of hydrogen-bond acceptors (Lipinski definition) is 4. The van der Waals surface area contributed by atoms with Crippen molar-refractivity contribution in [3.8, 4) is 44.8 Å². The van der Waals surface area contributed by atoms with E-state index in [1.165, 1.54) is 0 Å². The van der Waals surface area contributed by atoms with Gasteiger partial charge in [0.15, 0.2) is 0 Å². The van der Waals surface area contributed by atoms with Crippen molar-refractivity contribution >= 4 is 43.6 Å². The van der Waals surface area contributed by atoms with E-state index < -0.39 is 0 Å². The molecule has 214 valence electrons. The van der Waals surface area contributed by atoms with E-state index >= 15 is 0 Å². The Morgan fingerprint density at radius 3 is 1.26 bits per heavy atom. The van der Waals surface area contributed by atoms with Gasteiger partial charge >= 0.3 is 0 Å². The summed E-state index contributed by atoms with van der Waals surface area (Å²) >= 11 is 0. The molecule has 0 aliphatic rings. The van der Waals surface area contributed by atoms with E-state index in [1.807, 2.05) is 24.5 Å². The average molecular weight is 587 g/mol. The van der Waals surface area contributed by atoms with Crippen LogP contribution in [0.15, 0.2) is 158 Å². The fraction of sp³-hybridized carbons (Fsp3) is 0. The Bertz CT molecular complexity index is 2400. The van der Waals surface area contributed by atoms with Crippen LogP contribution >= 0.6 is 0 Å². The van der Waals surface area contributed by atoms with Gasteiger partial charge in [0.25, 0.3) is 0 Å². The Balaban J connectivity index is 1.38. The number of rotatable bonds is 4. The van der Waals surface area contributed by atoms with Gasteiger partial charge in [-0.2, -0.15) is 0 Å². The monoisotopic (exact) mass is 586 g/mol. The molecule has 0 amide bonds. The minimum absolute atomic E-state index is 0.877. The minimum Gasteiger partial charge on any atom is -0.256 e. The van der Waals surface area contributed by atoms with Crippen molar-refractivity contribution < 1.29 is 0 Å². The first-order chi connectivity index (χ1) is 22.8. The summed E-state index contributed by atoms with van der Waals surface area (Å²) in [7, 11) is 0. The SMILES string of the molecule is c1ccc(-c2cc(-c3ccc4ncccc4c3)nc3c2ccc2c(-c4ccccc4)cc(-c4ccc5ncccc5c4)nc23)cc1. The molecule has 0 N–H and O–H groups in total. The summed E-state index contributed by atoms with van der Waals surface area (Å²) in [6.07, 6.45) is 3.66. The Morgan fingerprint density at radius 1 is 0.348 bits per heavy atom. The summed E-state index contributed by atoms with van der Waals surface area (Å²) in [6, 6.07) is 50.8. The van der Waals surface area contributed by atoms with Gasteiger partial charge in [-0.25, -0.2) is 9.97 Å². The van der Waals surface area contributed by atoms with Crippen LogP contribution in [0, 0.1) is 0 Å². The van der Waals surface area contributed by atoms with Gasteiger partial charge < -0.3 is 0 Å². The second-order valence-electron chi connectivity index (χ2n) is 11.5. The van der Waals surface area contributed by atoms with E-state index in [0.717, 1.165) is 88.4 Å². The number of aromatic nitrogens is 4. The van der Waals surface area contributed by atoms with Crippen LogP contribution in [-0.4, -0.2) is 19.9 Å². The van der Waals surface area contributed by atoms with E-state index in [-0.39, 0.29) is 0 Å². The van der Waals surface area contributed by atoms with Gasteiger partial charge in [-0.15, -0.1) is 0 Å². The van der Waals surface area contributed by atoms with E-state index in [0.29, 0.717) is 0 Å². The first kappa shape index (κ1) is 26.2. The summed E-state index contributed by atoms with van der Waals surface area (Å²) in [6.45, 7) is 0. The van der Waals surface area contributed by atoms with Crippen molar-refractivity contribution in [2.24, 2.45) is 0 Å². The third-order valence-corrected chi connectivity index (χ3v) is 8.73. The van der Waals surface area contributed by atoms with E-state index in [9.17, 15) is 0 Å². The lowest BCUT2D eigenvalue weighted by molar-refractivity contribution is 1.36. The molecular formula is C42H26N4. The van der Waals surface area contributed by atoms with Crippen LogP contribution in [0.25, 0.3) is 88.4 Å². The second-order valence-corrected chi connectivity index (χ2v) is 11.5. The van der Waals surface area contributed by atoms with Crippen molar-refractivity contribution in [3.05, 3.63) is 158 Å². The Hall–Kier alpha value is -6.26. The summed E-state index contributed by atoms with van der Waals surface area (Å²) in [5, 5.41) is 4.30. The van der Waals surface area contributed by atoms with Crippen molar-refractivity contribution in [2.75, 3.05) is 0 Å². The highest BCUT2D eigenvalue weighted by molar-refractivity contribution is 6.13. The van der Waals surface area contributed by atoms with Crippen LogP contribution in [-0.2, 0) is 0 Å². The van der Waals surface area contributed by atoms with E-state index in [1.54, 1.807) is 0 Å². The molecule has 0 spiro atoms. The molecule has 0 atom stereocenters. The van der Waals surface area contributed by atoms with Crippen molar-refractivity contribution in [1.82, 2.24) is 19.9 Å². The van der Waals surface area contributed by atoms with Gasteiger partial charge in [-0.05, 0) is 70.8 Å². The summed E-state index contributed by atoms with van der Waals surface area (Å²) in [4.78, 5) is 19.9. The maximum absolute atomic E-state index is 5.39. The molecule has 0 aliphatic carbocycles. The smallest absolute Gasteiger partial charge is 0.0978 e. The normalized spacial score (nSPS) is 11.5. The average Bonchev–Trinajstić information content (AvgIpc) is 3.14. The van der Waals surface area contributed by atoms with Crippen LogP contribution in [0.5, 0.6) is 0 Å². The third-order valence-electron chi connectivity index (χ3n) is 8.73. The standard InChI is InChI=1S/C42H26N4/c1-3-9-27(10-4-1)35-25-39(31-15-19-37-29(23-31)13-7-21-43-37)45-41-33(35)17-18-34-36(28-11-5-2-6-12-28)26-40(46-42(34)41)32-16-20-38-30(24-32)14-8-22-44-38/h1-26H. The van der Waals surface area contributed by atoms with Gasteiger partial charge in [0.05, 0.1) is 33.5 Å². The molecule has 5 aromatic carbocycles. The van der Waals surface area contributed by atoms with Crippen LogP contribution in [0.4, 0.5) is 0 Å². The van der Waals surface area contributed by atoms with Crippen LogP contribution < -0.4 is 0 Å². The fourth-order valence-corrected chi connectivity index (χ4v) is 6.45. The molecule has 9 aromatic rings. The number of benzene rings is 5. The molecule has 9 rings (SSSR count). The molecule has 0 aliphatic heterocycles. The lowest BCUT2D eigenvalue weighted by atomic mass is 9.93. The molecule has 0 fully saturated rings. The predicted octanol–water partition coefficient (Wildman–Crippen LogP) is 10.5. The molecule has 4 heteroatoms. The summed E-state index contributed by atoms with van der Waals surface area (Å²) in [5.74, 6) is 0. The number of fused-ring (bicyclic) bond motifs is 5. The van der Waals surface area contributed by atoms with E-state index in [2.05, 4.69) is 143 Å². The molecule has 4 nitrogen and oxygen atoms in total. The molecule has 0 unspecified atom stereocenters. The largest absolute Gasteiger partial charge is 0.256 e. The molecule has 0 radical (unpaired) electrons. The second kappa shape index (κ2) is 10.7. The zero-order valence-corrected chi connectivity index (χ0v) is 24.8. The minimum atomic E-state index is 0.877. The lowest BCUT2D eigenvalue weighted by Gasteiger charge is -2.15. The van der Waals surface area contributed by atoms with Gasteiger partial charge in [-0.1, -0.05) is 97.1 Å². The number of nitrogens with zero attached hydrogens (tertiary/aromatic N) is 4. The number of pyridine rings is 4. The maximum atomic E-state index is 5.39. The maximum Gasteiger partial charge on any atom is 0.0978 e. The zero-order chi connectivity index (χ0) is 30.5. The van der Waals surface area contributed by atoms with Gasteiger partial charge in [-0.3, -0.25) is 9.97 Å². The quantitative estimate of drug-likeness (QED) is 0.193. The highest BCUT2D eigenvalue weighted by Crippen LogP contribution is 2.39. The third kappa shape index (κ3) is 4.47. The van der Waals surface area contributed by atoms with Gasteiger partial charge in [0.2, 0.25) is 0 Å². The molecule has 0 saturated carbocycles. The molecule has 4 aromatic heterocycles. The van der Waals surface area contributed by atoms with Crippen molar-refractivity contribution in [3.63, 3.8) is 0 Å². The van der Waals surface area contributed by atoms with Crippen LogP contribution in [0.2, 0.25) is 0 Å². The Labute approximate surface area is 265 Å². The van der Waals surface area contributed by atoms with Gasteiger partial charge in [0.1, 0.15) is 0 Å². The molecule has 46 heavy (non-hydrogen) atoms. The van der Waals surface area contributed by atoms with Crippen LogP contribution in [0.1, 0.15) is 0 Å². The zero-order valence-electron chi connectivity index (χ0n) is 24.8. The Morgan fingerprint density at radius 2 is 0.804 bits per heavy atom. The number of hydrogen-bond donors (Lipinski definition) is 0. The Kier molecular flexibility index (Phi) is 6.10. The van der Waals surface area contributed by atoms with Crippen molar-refractivity contribution in [1.29, 1.82) is 0 Å². The molecule has 4 heterocycles. The van der Waals surface area contributed by atoms with Crippen molar-refractivity contribution in [2.45, 2.75) is 0 Å². The summed E-state index contributed by atoms with van der Waals surface area (Å²) < 4.78 is 0. The highest BCUT2D eigenvalue weighted by Gasteiger charge is 2.17. The van der Waals surface area contributed by atoms with Gasteiger partial charge in [0, 0.05) is 45.1 Å². The fourth-order valence-electron chi connectivity index (χ4n) is 6.45. The van der Waals surface area contributed by atoms with E-state index in [4.69, 9.17) is 9.97 Å². The topological polar surface area (TPSA) is 51.6 Å². The molecule has 0 saturated heterocycles. The highest BCUT2D eigenvalue weighted by atomic mass is 14.8. The summed E-state index contributed by atoms with van der Waals surface area (Å²) in [5.41, 5.74) is 12.1. The molecular weight excluding hydrogens is 560 g/mol. The van der Waals surface area contributed by atoms with Crippen LogP contribution in [0.3, 0.4) is 0 Å². The first-order valence-electron chi connectivity index (χ1n) is 15.4. The lowest BCUT2D eigenvalue weighted by Crippen LogP contribution is -1.96. The predicted molar refractivity (Wildman–Crippen MR) is 189 cm³/mol.